The van der Waals surface area contributed by atoms with Crippen molar-refractivity contribution in [1.29, 1.82) is 0 Å². The van der Waals surface area contributed by atoms with E-state index in [1.165, 1.54) is 0 Å². The van der Waals surface area contributed by atoms with Crippen LogP contribution in [0.15, 0.2) is 0 Å². The Morgan fingerprint density at radius 3 is 1.20 bits per heavy atom. The van der Waals surface area contributed by atoms with Crippen LogP contribution in [0.4, 0.5) is 0 Å². The molecule has 1 nitrogen and oxygen atoms in total. The first-order chi connectivity index (χ1) is 1.41. The van der Waals surface area contributed by atoms with E-state index in [1.807, 2.05) is 0 Å². The van der Waals surface area contributed by atoms with Crippen molar-refractivity contribution in [3.8, 4) is 0 Å². The molecule has 0 aromatic heterocycles. The van der Waals surface area contributed by atoms with E-state index in [1.54, 1.807) is 14.1 Å². The minimum Gasteiger partial charge on any atom is -0.668 e. The summed E-state index contributed by atoms with van der Waals surface area (Å²) < 4.78 is 0. The third-order valence-electron chi connectivity index (χ3n) is 0. The zero-order valence-corrected chi connectivity index (χ0v) is 3.45. The Labute approximate surface area is 47.3 Å². The Balaban J connectivity index is -0.0000000200. The van der Waals surface area contributed by atoms with E-state index in [0.717, 1.165) is 0 Å². The summed E-state index contributed by atoms with van der Waals surface area (Å²) in [6.45, 7) is 0. The van der Waals surface area contributed by atoms with Gasteiger partial charge >= 0.3 is 18.9 Å². The number of nitrogens with zero attached hydrogens (tertiary/aromatic N) is 1. The first-order valence-electron chi connectivity index (χ1n) is 0.894. The Bertz CT molecular complexity index is 9.61. The standard InChI is InChI=1S/C2H6N.BH3.Li/c1-3-2;;/h1-2H3;1H3;/q-1;;+1. The van der Waals surface area contributed by atoms with Crippen LogP contribution in [0.25, 0.3) is 5.32 Å². The van der Waals surface area contributed by atoms with E-state index in [9.17, 15) is 0 Å². The molecule has 0 saturated heterocycles. The van der Waals surface area contributed by atoms with Gasteiger partial charge in [-0.1, -0.05) is 0 Å². The van der Waals surface area contributed by atoms with Crippen molar-refractivity contribution in [2.75, 3.05) is 14.1 Å². The second-order valence-electron chi connectivity index (χ2n) is 0.447. The van der Waals surface area contributed by atoms with Gasteiger partial charge in [-0.15, -0.1) is 0 Å². The fourth-order valence-electron chi connectivity index (χ4n) is 0. The van der Waals surface area contributed by atoms with E-state index >= 15 is 0 Å². The van der Waals surface area contributed by atoms with Crippen molar-refractivity contribution in [2.45, 2.75) is 0 Å². The molecule has 26 valence electrons. The van der Waals surface area contributed by atoms with Gasteiger partial charge in [-0.3, -0.25) is 0 Å². The molecule has 0 aliphatic heterocycles. The predicted molar refractivity (Wildman–Crippen MR) is 25.1 cm³/mol. The van der Waals surface area contributed by atoms with Crippen molar-refractivity contribution in [1.82, 2.24) is 0 Å². The Morgan fingerprint density at radius 2 is 1.20 bits per heavy atom. The summed E-state index contributed by atoms with van der Waals surface area (Å²) in [5.74, 6) is 0. The largest absolute Gasteiger partial charge is 1.00 e. The van der Waals surface area contributed by atoms with Crippen LogP contribution in [0, 0.1) is 0 Å². The van der Waals surface area contributed by atoms with Crippen LogP contribution < -0.4 is 18.9 Å². The quantitative estimate of drug-likeness (QED) is 0.259. The van der Waals surface area contributed by atoms with Gasteiger partial charge in [-0.2, -0.15) is 14.1 Å². The van der Waals surface area contributed by atoms with Crippen molar-refractivity contribution >= 4 is 8.41 Å². The molecule has 5 heavy (non-hydrogen) atoms. The molecule has 0 aromatic carbocycles. The van der Waals surface area contributed by atoms with Crippen molar-refractivity contribution in [3.63, 3.8) is 0 Å². The SMILES string of the molecule is B.C[N-]C.[Li+]. The predicted octanol–water partition coefficient (Wildman–Crippen LogP) is -3.56. The van der Waals surface area contributed by atoms with Crippen LogP contribution in [0.2, 0.25) is 0 Å². The van der Waals surface area contributed by atoms with Gasteiger partial charge < -0.3 is 5.32 Å². The van der Waals surface area contributed by atoms with Crippen LogP contribution >= 0.6 is 0 Å². The fraction of sp³-hybridized carbons (Fsp3) is 1.00. The zero-order valence-electron chi connectivity index (χ0n) is 3.45. The third-order valence-corrected chi connectivity index (χ3v) is 0. The summed E-state index contributed by atoms with van der Waals surface area (Å²) >= 11 is 0. The van der Waals surface area contributed by atoms with Gasteiger partial charge in [0.2, 0.25) is 0 Å². The normalized spacial score (nSPS) is 3.60. The molecule has 0 saturated carbocycles. The fourth-order valence-corrected chi connectivity index (χ4v) is 0. The van der Waals surface area contributed by atoms with Gasteiger partial charge in [0.25, 0.3) is 0 Å². The second-order valence-corrected chi connectivity index (χ2v) is 0.447. The van der Waals surface area contributed by atoms with Crippen LogP contribution in [0.3, 0.4) is 0 Å². The second kappa shape index (κ2) is 23.0. The van der Waals surface area contributed by atoms with Crippen LogP contribution in [-0.2, 0) is 0 Å². The molecule has 0 unspecified atom stereocenters. The Hall–Kier alpha value is 0.622. The monoisotopic (exact) mass is 65.1 g/mol. The number of hydrogen-bond donors (Lipinski definition) is 0. The van der Waals surface area contributed by atoms with Crippen LogP contribution in [0.1, 0.15) is 0 Å². The first-order valence-corrected chi connectivity index (χ1v) is 0.894. The van der Waals surface area contributed by atoms with E-state index in [0.29, 0.717) is 0 Å². The van der Waals surface area contributed by atoms with Crippen molar-refractivity contribution < 1.29 is 18.9 Å². The summed E-state index contributed by atoms with van der Waals surface area (Å²) in [7, 11) is 3.50. The summed E-state index contributed by atoms with van der Waals surface area (Å²) in [5, 5.41) is 3.50. The maximum absolute atomic E-state index is 3.50. The van der Waals surface area contributed by atoms with Gasteiger partial charge in [0.1, 0.15) is 0 Å². The first kappa shape index (κ1) is 17.5. The Morgan fingerprint density at radius 1 is 1.20 bits per heavy atom. The molecule has 0 radical (unpaired) electrons. The molecule has 0 aliphatic rings. The molecule has 0 aliphatic carbocycles. The maximum Gasteiger partial charge on any atom is 1.00 e. The molecule has 0 spiro atoms. The average Bonchev–Trinajstić information content (AvgIpc) is 0.918. The maximum atomic E-state index is 3.50. The summed E-state index contributed by atoms with van der Waals surface area (Å²) in [6, 6.07) is 0. The molecular weight excluding hydrogens is 55.8 g/mol. The minimum atomic E-state index is 0. The average molecular weight is 64.9 g/mol. The number of rotatable bonds is 0. The summed E-state index contributed by atoms with van der Waals surface area (Å²) in [6.07, 6.45) is 0. The smallest absolute Gasteiger partial charge is 0.668 e. The Kier molecular flexibility index (Phi) is 80.5. The molecule has 0 fully saturated rings. The van der Waals surface area contributed by atoms with Gasteiger partial charge in [0.05, 0.1) is 8.41 Å². The molecule has 0 N–H and O–H groups in total. The van der Waals surface area contributed by atoms with E-state index in [2.05, 4.69) is 5.32 Å². The topological polar surface area (TPSA) is 14.1 Å². The van der Waals surface area contributed by atoms with Gasteiger partial charge in [0, 0.05) is 0 Å². The molecule has 0 bridgehead atoms. The molecule has 0 rings (SSSR count). The molecule has 0 heterocycles. The van der Waals surface area contributed by atoms with Crippen molar-refractivity contribution in [2.24, 2.45) is 0 Å². The molecule has 0 aromatic rings. The van der Waals surface area contributed by atoms with E-state index in [4.69, 9.17) is 0 Å². The van der Waals surface area contributed by atoms with Gasteiger partial charge in [0.15, 0.2) is 0 Å². The zero-order chi connectivity index (χ0) is 2.71. The van der Waals surface area contributed by atoms with Crippen LogP contribution in [0.5, 0.6) is 0 Å². The van der Waals surface area contributed by atoms with Gasteiger partial charge in [-0.05, 0) is 0 Å². The summed E-state index contributed by atoms with van der Waals surface area (Å²) in [5.41, 5.74) is 0. The van der Waals surface area contributed by atoms with Crippen LogP contribution in [-0.4, -0.2) is 22.5 Å². The summed E-state index contributed by atoms with van der Waals surface area (Å²) in [4.78, 5) is 0. The molecular formula is C2H9BLiN. The minimum absolute atomic E-state index is 0. The molecule has 3 heteroatoms. The van der Waals surface area contributed by atoms with E-state index < -0.39 is 0 Å². The number of hydrogen-bond acceptors (Lipinski definition) is 0. The van der Waals surface area contributed by atoms with Gasteiger partial charge in [-0.25, -0.2) is 0 Å². The van der Waals surface area contributed by atoms with E-state index in [-0.39, 0.29) is 27.3 Å². The molecule has 0 atom stereocenters. The van der Waals surface area contributed by atoms with Crippen molar-refractivity contribution in [3.05, 3.63) is 5.32 Å². The molecule has 0 amide bonds. The third kappa shape index (κ3) is 82.1.